The molecule has 8 nitrogen and oxygen atoms in total. The highest BCUT2D eigenvalue weighted by atomic mass is 16.3. The summed E-state index contributed by atoms with van der Waals surface area (Å²) in [6.45, 7) is 0. The molecule has 5 N–H and O–H groups in total. The molecule has 0 bridgehead atoms. The summed E-state index contributed by atoms with van der Waals surface area (Å²) in [6, 6.07) is 17.1. The van der Waals surface area contributed by atoms with E-state index in [0.717, 1.165) is 0 Å². The lowest BCUT2D eigenvalue weighted by atomic mass is 10.1. The maximum atomic E-state index is 12.4. The minimum absolute atomic E-state index is 0.000107. The van der Waals surface area contributed by atoms with Crippen LogP contribution in [0.3, 0.4) is 0 Å². The molecule has 4 rings (SSSR count). The Morgan fingerprint density at radius 2 is 1.41 bits per heavy atom. The highest BCUT2D eigenvalue weighted by Gasteiger charge is 2.13. The number of rotatable bonds is 4. The van der Waals surface area contributed by atoms with Crippen molar-refractivity contribution in [1.29, 1.82) is 0 Å². The quantitative estimate of drug-likeness (QED) is 0.366. The lowest BCUT2D eigenvalue weighted by Gasteiger charge is -2.07. The summed E-state index contributed by atoms with van der Waals surface area (Å²) in [6.07, 6.45) is 0. The van der Waals surface area contributed by atoms with Gasteiger partial charge in [-0.15, -0.1) is 0 Å². The molecule has 0 aliphatic heterocycles. The molecule has 29 heavy (non-hydrogen) atoms. The molecular weight excluding hydrogens is 372 g/mol. The summed E-state index contributed by atoms with van der Waals surface area (Å²) >= 11 is 0. The zero-order chi connectivity index (χ0) is 20.4. The molecule has 1 heterocycles. The normalized spacial score (nSPS) is 10.6. The Hall–Kier alpha value is -4.33. The van der Waals surface area contributed by atoms with Gasteiger partial charge in [0.05, 0.1) is 5.52 Å². The van der Waals surface area contributed by atoms with Crippen LogP contribution in [0.25, 0.3) is 10.9 Å². The first-order valence-electron chi connectivity index (χ1n) is 8.68. The smallest absolute Gasteiger partial charge is 0.257 e. The average molecular weight is 388 g/mol. The van der Waals surface area contributed by atoms with Crippen molar-refractivity contribution in [1.82, 2.24) is 10.2 Å². The number of H-pyrrole nitrogens is 1. The van der Waals surface area contributed by atoms with E-state index in [1.54, 1.807) is 42.5 Å². The second-order valence-corrected chi connectivity index (χ2v) is 6.34. The Kier molecular flexibility index (Phi) is 4.58. The van der Waals surface area contributed by atoms with Gasteiger partial charge >= 0.3 is 0 Å². The fraction of sp³-hybridized carbons (Fsp3) is 0. The molecule has 0 spiro atoms. The Labute approximate surface area is 164 Å². The molecule has 8 heteroatoms. The van der Waals surface area contributed by atoms with Crippen LogP contribution in [0.4, 0.5) is 11.5 Å². The Bertz CT molecular complexity index is 1230. The summed E-state index contributed by atoms with van der Waals surface area (Å²) in [4.78, 5) is 24.8. The number of phenols is 2. The van der Waals surface area contributed by atoms with Crippen molar-refractivity contribution in [3.8, 4) is 11.5 Å². The van der Waals surface area contributed by atoms with E-state index in [4.69, 9.17) is 0 Å². The molecular formula is C21H16N4O4. The largest absolute Gasteiger partial charge is 0.508 e. The van der Waals surface area contributed by atoms with Crippen LogP contribution in [0.5, 0.6) is 11.5 Å². The molecule has 0 radical (unpaired) electrons. The van der Waals surface area contributed by atoms with Crippen molar-refractivity contribution in [2.75, 3.05) is 10.6 Å². The SMILES string of the molecule is O=C(Nc1ccc2[nH]nc(NC(=O)c3cccc(O)c3)c2c1)c1cccc(O)c1. The monoisotopic (exact) mass is 388 g/mol. The number of aromatic hydroxyl groups is 2. The van der Waals surface area contributed by atoms with Crippen LogP contribution in [0.1, 0.15) is 20.7 Å². The standard InChI is InChI=1S/C21H16N4O4/c26-15-5-1-3-12(9-15)20(28)22-14-7-8-18-17(11-14)19(25-24-18)23-21(29)13-4-2-6-16(27)10-13/h1-11,26-27H,(H,22,28)(H2,23,24,25,29). The summed E-state index contributed by atoms with van der Waals surface area (Å²) < 4.78 is 0. The number of benzene rings is 3. The number of nitrogens with zero attached hydrogens (tertiary/aromatic N) is 1. The van der Waals surface area contributed by atoms with Gasteiger partial charge in [-0.05, 0) is 54.6 Å². The molecule has 0 saturated heterocycles. The highest BCUT2D eigenvalue weighted by Crippen LogP contribution is 2.25. The number of aromatic nitrogens is 2. The third-order valence-corrected chi connectivity index (χ3v) is 4.27. The molecule has 0 aliphatic rings. The highest BCUT2D eigenvalue weighted by molar-refractivity contribution is 6.09. The van der Waals surface area contributed by atoms with Crippen molar-refractivity contribution in [3.05, 3.63) is 77.9 Å². The van der Waals surface area contributed by atoms with Crippen LogP contribution in [0.15, 0.2) is 66.7 Å². The topological polar surface area (TPSA) is 127 Å². The van der Waals surface area contributed by atoms with Gasteiger partial charge in [0, 0.05) is 22.2 Å². The fourth-order valence-electron chi connectivity index (χ4n) is 2.86. The van der Waals surface area contributed by atoms with Crippen LogP contribution in [-0.4, -0.2) is 32.2 Å². The van der Waals surface area contributed by atoms with E-state index in [1.807, 2.05) is 0 Å². The molecule has 0 unspecified atom stereocenters. The average Bonchev–Trinajstić information content (AvgIpc) is 3.10. The summed E-state index contributed by atoms with van der Waals surface area (Å²) in [5, 5.41) is 32.0. The second-order valence-electron chi connectivity index (χ2n) is 6.34. The van der Waals surface area contributed by atoms with Gasteiger partial charge in [-0.1, -0.05) is 12.1 Å². The molecule has 3 aromatic carbocycles. The Morgan fingerprint density at radius 3 is 2.03 bits per heavy atom. The fourth-order valence-corrected chi connectivity index (χ4v) is 2.86. The van der Waals surface area contributed by atoms with Crippen molar-refractivity contribution >= 4 is 34.2 Å². The number of hydrogen-bond acceptors (Lipinski definition) is 5. The number of phenolic OH excluding ortho intramolecular Hbond substituents is 2. The van der Waals surface area contributed by atoms with Crippen molar-refractivity contribution in [3.63, 3.8) is 0 Å². The van der Waals surface area contributed by atoms with Gasteiger partial charge in [0.2, 0.25) is 0 Å². The molecule has 144 valence electrons. The van der Waals surface area contributed by atoms with Crippen LogP contribution in [0, 0.1) is 0 Å². The minimum Gasteiger partial charge on any atom is -0.508 e. The predicted octanol–water partition coefficient (Wildman–Crippen LogP) is 3.48. The zero-order valence-electron chi connectivity index (χ0n) is 15.0. The first-order valence-corrected chi connectivity index (χ1v) is 8.68. The molecule has 4 aromatic rings. The summed E-state index contributed by atoms with van der Waals surface area (Å²) in [5.74, 6) is -0.527. The van der Waals surface area contributed by atoms with Crippen molar-refractivity contribution < 1.29 is 19.8 Å². The third kappa shape index (κ3) is 3.86. The number of carbonyl (C=O) groups is 2. The van der Waals surface area contributed by atoms with E-state index >= 15 is 0 Å². The van der Waals surface area contributed by atoms with Gasteiger partial charge in [0.1, 0.15) is 11.5 Å². The van der Waals surface area contributed by atoms with Gasteiger partial charge in [-0.2, -0.15) is 5.10 Å². The number of anilines is 2. The van der Waals surface area contributed by atoms with E-state index in [0.29, 0.717) is 28.0 Å². The maximum Gasteiger partial charge on any atom is 0.257 e. The number of aromatic amines is 1. The number of carbonyl (C=O) groups excluding carboxylic acids is 2. The molecule has 2 amide bonds. The summed E-state index contributed by atoms with van der Waals surface area (Å²) in [5.41, 5.74) is 1.77. The van der Waals surface area contributed by atoms with E-state index < -0.39 is 5.91 Å². The Morgan fingerprint density at radius 1 is 0.793 bits per heavy atom. The van der Waals surface area contributed by atoms with Crippen LogP contribution < -0.4 is 10.6 Å². The van der Waals surface area contributed by atoms with Gasteiger partial charge in [0.15, 0.2) is 5.82 Å². The first-order chi connectivity index (χ1) is 14.0. The van der Waals surface area contributed by atoms with E-state index in [1.165, 1.54) is 24.3 Å². The summed E-state index contributed by atoms with van der Waals surface area (Å²) in [7, 11) is 0. The molecule has 0 atom stereocenters. The molecule has 0 aliphatic carbocycles. The molecule has 0 fully saturated rings. The zero-order valence-corrected chi connectivity index (χ0v) is 15.0. The minimum atomic E-state index is -0.427. The van der Waals surface area contributed by atoms with Gasteiger partial charge in [-0.25, -0.2) is 0 Å². The van der Waals surface area contributed by atoms with E-state index in [2.05, 4.69) is 20.8 Å². The Balaban J connectivity index is 1.57. The van der Waals surface area contributed by atoms with Crippen LogP contribution in [-0.2, 0) is 0 Å². The number of hydrogen-bond donors (Lipinski definition) is 5. The number of nitrogens with one attached hydrogen (secondary N) is 3. The van der Waals surface area contributed by atoms with Crippen LogP contribution >= 0.6 is 0 Å². The number of fused-ring (bicyclic) bond motifs is 1. The van der Waals surface area contributed by atoms with Gasteiger partial charge < -0.3 is 20.8 Å². The second kappa shape index (κ2) is 7.35. The van der Waals surface area contributed by atoms with E-state index in [9.17, 15) is 19.8 Å². The molecule has 1 aromatic heterocycles. The van der Waals surface area contributed by atoms with Crippen molar-refractivity contribution in [2.24, 2.45) is 0 Å². The third-order valence-electron chi connectivity index (χ3n) is 4.27. The lowest BCUT2D eigenvalue weighted by Crippen LogP contribution is -2.13. The lowest BCUT2D eigenvalue weighted by molar-refractivity contribution is 0.101. The number of amides is 2. The first kappa shape index (κ1) is 18.1. The van der Waals surface area contributed by atoms with Gasteiger partial charge in [-0.3, -0.25) is 14.7 Å². The van der Waals surface area contributed by atoms with Crippen LogP contribution in [0.2, 0.25) is 0 Å². The molecule has 0 saturated carbocycles. The van der Waals surface area contributed by atoms with Gasteiger partial charge in [0.25, 0.3) is 11.8 Å². The predicted molar refractivity (Wildman–Crippen MR) is 108 cm³/mol. The van der Waals surface area contributed by atoms with E-state index in [-0.39, 0.29) is 23.0 Å². The van der Waals surface area contributed by atoms with Crippen molar-refractivity contribution in [2.45, 2.75) is 0 Å². The maximum absolute atomic E-state index is 12.4.